The first kappa shape index (κ1) is 14.9. The Labute approximate surface area is 124 Å². The number of rotatable bonds is 6. The lowest BCUT2D eigenvalue weighted by Gasteiger charge is -2.08. The molecule has 0 fully saturated rings. The number of nitrogens with one attached hydrogen (secondary N) is 1. The molecule has 0 bridgehead atoms. The minimum absolute atomic E-state index is 0.489. The molecule has 1 heterocycles. The number of hydrogen-bond acceptors (Lipinski definition) is 3. The van der Waals surface area contributed by atoms with Crippen molar-refractivity contribution < 1.29 is 9.15 Å². The molecule has 4 heteroatoms. The molecule has 3 nitrogen and oxygen atoms in total. The van der Waals surface area contributed by atoms with Crippen LogP contribution in [0.5, 0.6) is 5.75 Å². The van der Waals surface area contributed by atoms with Crippen molar-refractivity contribution in [3.8, 4) is 5.75 Å². The highest BCUT2D eigenvalue weighted by Crippen LogP contribution is 2.24. The van der Waals surface area contributed by atoms with Crippen LogP contribution in [0, 0.1) is 13.8 Å². The van der Waals surface area contributed by atoms with Crippen LogP contribution in [-0.2, 0) is 13.2 Å². The molecule has 0 aliphatic heterocycles. The topological polar surface area (TPSA) is 34.4 Å². The molecule has 2 rings (SSSR count). The number of ether oxygens (including phenoxy) is 1. The summed E-state index contributed by atoms with van der Waals surface area (Å²) in [5.74, 6) is 2.65. The number of benzene rings is 1. The molecule has 0 amide bonds. The number of halogens is 1. The van der Waals surface area contributed by atoms with Crippen LogP contribution in [-0.4, -0.2) is 6.54 Å². The first-order valence-corrected chi connectivity index (χ1v) is 7.15. The van der Waals surface area contributed by atoms with Gasteiger partial charge in [0, 0.05) is 10.6 Å². The van der Waals surface area contributed by atoms with Crippen molar-refractivity contribution in [3.05, 3.63) is 51.9 Å². The molecule has 0 saturated carbocycles. The normalized spacial score (nSPS) is 10.8. The maximum atomic E-state index is 5.98. The maximum Gasteiger partial charge on any atom is 0.124 e. The Hall–Kier alpha value is -1.45. The van der Waals surface area contributed by atoms with Gasteiger partial charge in [0.05, 0.1) is 6.54 Å². The van der Waals surface area contributed by atoms with Crippen molar-refractivity contribution in [3.63, 3.8) is 0 Å². The van der Waals surface area contributed by atoms with Crippen molar-refractivity contribution in [2.24, 2.45) is 0 Å². The van der Waals surface area contributed by atoms with Crippen LogP contribution in [0.4, 0.5) is 0 Å². The summed E-state index contributed by atoms with van der Waals surface area (Å²) in [7, 11) is 0. The molecule has 20 heavy (non-hydrogen) atoms. The molecular formula is C16H20ClNO2. The van der Waals surface area contributed by atoms with Gasteiger partial charge in [0.2, 0.25) is 0 Å². The fourth-order valence-electron chi connectivity index (χ4n) is 1.95. The largest absolute Gasteiger partial charge is 0.488 e. The van der Waals surface area contributed by atoms with Crippen molar-refractivity contribution in [2.75, 3.05) is 6.54 Å². The van der Waals surface area contributed by atoms with Gasteiger partial charge in [-0.15, -0.1) is 0 Å². The second kappa shape index (κ2) is 6.82. The third kappa shape index (κ3) is 3.78. The smallest absolute Gasteiger partial charge is 0.124 e. The lowest BCUT2D eigenvalue weighted by atomic mass is 10.2. The molecule has 0 atom stereocenters. The van der Waals surface area contributed by atoms with Gasteiger partial charge in [-0.1, -0.05) is 24.6 Å². The maximum absolute atomic E-state index is 5.98. The summed E-state index contributed by atoms with van der Waals surface area (Å²) in [6.07, 6.45) is 0. The minimum Gasteiger partial charge on any atom is -0.488 e. The Kier molecular flexibility index (Phi) is 5.10. The summed E-state index contributed by atoms with van der Waals surface area (Å²) in [6.45, 7) is 8.19. The molecule has 0 saturated heterocycles. The zero-order valence-electron chi connectivity index (χ0n) is 12.1. The first-order chi connectivity index (χ1) is 9.60. The fourth-order valence-corrected chi connectivity index (χ4v) is 2.11. The van der Waals surface area contributed by atoms with Gasteiger partial charge in [0.1, 0.15) is 23.9 Å². The molecule has 1 aromatic carbocycles. The monoisotopic (exact) mass is 293 g/mol. The average molecular weight is 294 g/mol. The molecule has 108 valence electrons. The van der Waals surface area contributed by atoms with Gasteiger partial charge in [0.15, 0.2) is 0 Å². The van der Waals surface area contributed by atoms with Crippen LogP contribution in [0.15, 0.2) is 28.7 Å². The van der Waals surface area contributed by atoms with Crippen LogP contribution in [0.1, 0.15) is 29.6 Å². The van der Waals surface area contributed by atoms with Crippen LogP contribution in [0.3, 0.4) is 0 Å². The highest BCUT2D eigenvalue weighted by atomic mass is 35.5. The summed E-state index contributed by atoms with van der Waals surface area (Å²) in [6, 6.07) is 7.70. The molecular weight excluding hydrogens is 274 g/mol. The summed E-state index contributed by atoms with van der Waals surface area (Å²) < 4.78 is 11.5. The van der Waals surface area contributed by atoms with E-state index in [0.717, 1.165) is 41.5 Å². The number of aryl methyl sites for hydroxylation is 2. The predicted octanol–water partition coefficient (Wildman–Crippen LogP) is 4.24. The average Bonchev–Trinajstić information content (AvgIpc) is 2.78. The highest BCUT2D eigenvalue weighted by Gasteiger charge is 2.09. The van der Waals surface area contributed by atoms with E-state index in [1.54, 1.807) is 0 Å². The summed E-state index contributed by atoms with van der Waals surface area (Å²) in [4.78, 5) is 0. The van der Waals surface area contributed by atoms with Gasteiger partial charge in [0.25, 0.3) is 0 Å². The number of furan rings is 1. The van der Waals surface area contributed by atoms with Crippen molar-refractivity contribution in [2.45, 2.75) is 33.9 Å². The first-order valence-electron chi connectivity index (χ1n) is 6.78. The lowest BCUT2D eigenvalue weighted by Crippen LogP contribution is -2.10. The van der Waals surface area contributed by atoms with Gasteiger partial charge in [-0.3, -0.25) is 0 Å². The van der Waals surface area contributed by atoms with E-state index in [1.165, 1.54) is 0 Å². The van der Waals surface area contributed by atoms with Crippen molar-refractivity contribution >= 4 is 11.6 Å². The molecule has 1 aromatic heterocycles. The van der Waals surface area contributed by atoms with Crippen LogP contribution in [0.2, 0.25) is 5.02 Å². The van der Waals surface area contributed by atoms with Gasteiger partial charge in [-0.05, 0) is 44.2 Å². The molecule has 0 aliphatic rings. The minimum atomic E-state index is 0.489. The fraction of sp³-hybridized carbons (Fsp3) is 0.375. The van der Waals surface area contributed by atoms with E-state index in [0.29, 0.717) is 11.6 Å². The van der Waals surface area contributed by atoms with Crippen molar-refractivity contribution in [1.82, 2.24) is 5.32 Å². The third-order valence-electron chi connectivity index (χ3n) is 3.15. The van der Waals surface area contributed by atoms with E-state index in [-0.39, 0.29) is 0 Å². The van der Waals surface area contributed by atoms with E-state index in [1.807, 2.05) is 38.1 Å². The summed E-state index contributed by atoms with van der Waals surface area (Å²) >= 11 is 5.98. The van der Waals surface area contributed by atoms with E-state index in [2.05, 4.69) is 12.2 Å². The van der Waals surface area contributed by atoms with E-state index < -0.39 is 0 Å². The molecule has 2 aromatic rings. The second-order valence-corrected chi connectivity index (χ2v) is 5.21. The van der Waals surface area contributed by atoms with Gasteiger partial charge >= 0.3 is 0 Å². The van der Waals surface area contributed by atoms with Gasteiger partial charge in [-0.25, -0.2) is 0 Å². The Morgan fingerprint density at radius 3 is 2.80 bits per heavy atom. The zero-order valence-corrected chi connectivity index (χ0v) is 12.9. The highest BCUT2D eigenvalue weighted by molar-refractivity contribution is 6.30. The Balaban J connectivity index is 2.03. The molecule has 1 N–H and O–H groups in total. The quantitative estimate of drug-likeness (QED) is 0.865. The Morgan fingerprint density at radius 2 is 2.05 bits per heavy atom. The van der Waals surface area contributed by atoms with Crippen LogP contribution in [0.25, 0.3) is 0 Å². The van der Waals surface area contributed by atoms with Crippen LogP contribution >= 0.6 is 11.6 Å². The van der Waals surface area contributed by atoms with Gasteiger partial charge in [-0.2, -0.15) is 0 Å². The SMILES string of the molecule is CCNCc1cc(COc2cc(Cl)ccc2C)c(C)o1. The summed E-state index contributed by atoms with van der Waals surface area (Å²) in [5.41, 5.74) is 2.14. The molecule has 0 unspecified atom stereocenters. The zero-order chi connectivity index (χ0) is 14.5. The Morgan fingerprint density at radius 1 is 1.25 bits per heavy atom. The molecule has 0 aliphatic carbocycles. The third-order valence-corrected chi connectivity index (χ3v) is 3.39. The van der Waals surface area contributed by atoms with E-state index >= 15 is 0 Å². The summed E-state index contributed by atoms with van der Waals surface area (Å²) in [5, 5.41) is 3.93. The van der Waals surface area contributed by atoms with Crippen LogP contribution < -0.4 is 10.1 Å². The van der Waals surface area contributed by atoms with E-state index in [4.69, 9.17) is 20.8 Å². The predicted molar refractivity (Wildman–Crippen MR) is 81.3 cm³/mol. The number of hydrogen-bond donors (Lipinski definition) is 1. The van der Waals surface area contributed by atoms with E-state index in [9.17, 15) is 0 Å². The Bertz CT molecular complexity index is 578. The standard InChI is InChI=1S/C16H20ClNO2/c1-4-18-9-15-7-13(12(3)20-15)10-19-16-8-14(17)6-5-11(16)2/h5-8,18H,4,9-10H2,1-3H3. The van der Waals surface area contributed by atoms with Crippen molar-refractivity contribution in [1.29, 1.82) is 0 Å². The van der Waals surface area contributed by atoms with Gasteiger partial charge < -0.3 is 14.5 Å². The molecule has 0 radical (unpaired) electrons. The second-order valence-electron chi connectivity index (χ2n) is 4.77. The lowest BCUT2D eigenvalue weighted by molar-refractivity contribution is 0.301. The molecule has 0 spiro atoms.